The van der Waals surface area contributed by atoms with Crippen molar-refractivity contribution in [3.05, 3.63) is 54.6 Å². The van der Waals surface area contributed by atoms with E-state index >= 15 is 0 Å². The summed E-state index contributed by atoms with van der Waals surface area (Å²) in [5, 5.41) is 0. The highest BCUT2D eigenvalue weighted by atomic mass is 16.2. The zero-order valence-corrected chi connectivity index (χ0v) is 10.6. The number of imidazole rings is 1. The van der Waals surface area contributed by atoms with Gasteiger partial charge in [-0.05, 0) is 30.2 Å². The van der Waals surface area contributed by atoms with Crippen molar-refractivity contribution in [1.29, 1.82) is 0 Å². The Morgan fingerprint density at radius 3 is 2.58 bits per heavy atom. The van der Waals surface area contributed by atoms with Crippen LogP contribution in [-0.2, 0) is 4.79 Å². The smallest absolute Gasteiger partial charge is 0.246 e. The third kappa shape index (κ3) is 2.57. The summed E-state index contributed by atoms with van der Waals surface area (Å²) >= 11 is 0. The molecule has 0 saturated carbocycles. The molecule has 1 aromatic carbocycles. The number of carbonyl (C=O) groups is 1. The number of hydrogen-bond donors (Lipinski definition) is 0. The number of amides is 1. The topological polar surface area (TPSA) is 38.1 Å². The summed E-state index contributed by atoms with van der Waals surface area (Å²) in [4.78, 5) is 17.5. The second-order valence-corrected chi connectivity index (χ2v) is 4.57. The molecular formula is C15H15N3O. The summed E-state index contributed by atoms with van der Waals surface area (Å²) in [5.74, 6) is 0.102. The molecule has 96 valence electrons. The van der Waals surface area contributed by atoms with Crippen LogP contribution >= 0.6 is 0 Å². The van der Waals surface area contributed by atoms with Crippen molar-refractivity contribution in [3.63, 3.8) is 0 Å². The average molecular weight is 253 g/mol. The number of aromatic nitrogens is 2. The van der Waals surface area contributed by atoms with Gasteiger partial charge in [-0.1, -0.05) is 12.1 Å². The number of nitrogens with zero attached hydrogens (tertiary/aromatic N) is 3. The second-order valence-electron chi connectivity index (χ2n) is 4.57. The Kier molecular flexibility index (Phi) is 3.14. The van der Waals surface area contributed by atoms with Gasteiger partial charge in [0.25, 0.3) is 0 Å². The van der Waals surface area contributed by atoms with Crippen molar-refractivity contribution in [3.8, 4) is 5.69 Å². The average Bonchev–Trinajstić information content (AvgIpc) is 2.89. The normalized spacial score (nSPS) is 14.6. The molecule has 1 saturated heterocycles. The molecule has 3 rings (SSSR count). The quantitative estimate of drug-likeness (QED) is 0.786. The van der Waals surface area contributed by atoms with Gasteiger partial charge in [0.1, 0.15) is 0 Å². The van der Waals surface area contributed by atoms with Crippen molar-refractivity contribution in [1.82, 2.24) is 14.5 Å². The fourth-order valence-electron chi connectivity index (χ4n) is 1.98. The summed E-state index contributed by atoms with van der Waals surface area (Å²) in [5.41, 5.74) is 2.08. The van der Waals surface area contributed by atoms with E-state index in [-0.39, 0.29) is 5.91 Å². The Morgan fingerprint density at radius 1 is 1.21 bits per heavy atom. The zero-order valence-electron chi connectivity index (χ0n) is 10.6. The Hall–Kier alpha value is -2.36. The molecule has 1 aromatic heterocycles. The fourth-order valence-corrected chi connectivity index (χ4v) is 1.98. The van der Waals surface area contributed by atoms with Gasteiger partial charge in [0.2, 0.25) is 5.91 Å². The van der Waals surface area contributed by atoms with E-state index in [1.54, 1.807) is 18.6 Å². The molecule has 19 heavy (non-hydrogen) atoms. The summed E-state index contributed by atoms with van der Waals surface area (Å²) in [7, 11) is 0. The minimum atomic E-state index is 0.102. The van der Waals surface area contributed by atoms with Gasteiger partial charge in [-0.25, -0.2) is 4.98 Å². The maximum atomic E-state index is 11.7. The maximum Gasteiger partial charge on any atom is 0.246 e. The Morgan fingerprint density at radius 2 is 2.00 bits per heavy atom. The van der Waals surface area contributed by atoms with Crippen LogP contribution in [0.15, 0.2) is 49.1 Å². The lowest BCUT2D eigenvalue weighted by molar-refractivity contribution is -0.129. The van der Waals surface area contributed by atoms with Crippen molar-refractivity contribution in [2.75, 3.05) is 13.1 Å². The Balaban J connectivity index is 1.69. The van der Waals surface area contributed by atoms with E-state index in [1.807, 2.05) is 46.0 Å². The third-order valence-electron chi connectivity index (χ3n) is 3.28. The molecule has 2 aromatic rings. The molecule has 1 aliphatic rings. The summed E-state index contributed by atoms with van der Waals surface area (Å²) in [6.07, 6.45) is 10.0. The van der Waals surface area contributed by atoms with Gasteiger partial charge in [0.15, 0.2) is 0 Å². The van der Waals surface area contributed by atoms with Crippen molar-refractivity contribution < 1.29 is 4.79 Å². The molecule has 0 bridgehead atoms. The van der Waals surface area contributed by atoms with Gasteiger partial charge in [-0.15, -0.1) is 0 Å². The molecule has 0 atom stereocenters. The predicted octanol–water partition coefficient (Wildman–Crippen LogP) is 2.12. The molecule has 0 spiro atoms. The molecule has 1 amide bonds. The van der Waals surface area contributed by atoms with E-state index in [2.05, 4.69) is 4.98 Å². The minimum Gasteiger partial charge on any atom is -0.339 e. The summed E-state index contributed by atoms with van der Waals surface area (Å²) in [6.45, 7) is 1.78. The van der Waals surface area contributed by atoms with E-state index in [1.165, 1.54) is 0 Å². The summed E-state index contributed by atoms with van der Waals surface area (Å²) < 4.78 is 1.94. The van der Waals surface area contributed by atoms with Crippen LogP contribution in [0.4, 0.5) is 0 Å². The Bertz CT molecular complexity index is 580. The molecule has 1 fully saturated rings. The lowest BCUT2D eigenvalue weighted by atomic mass is 10.1. The zero-order chi connectivity index (χ0) is 13.1. The molecule has 1 aliphatic heterocycles. The van der Waals surface area contributed by atoms with Crippen molar-refractivity contribution in [2.45, 2.75) is 6.42 Å². The summed E-state index contributed by atoms with van der Waals surface area (Å²) in [6, 6.07) is 8.01. The Labute approximate surface area is 112 Å². The highest BCUT2D eigenvalue weighted by Gasteiger charge is 2.17. The van der Waals surface area contributed by atoms with Crippen LogP contribution in [0.3, 0.4) is 0 Å². The SMILES string of the molecule is O=C(/C=C/c1ccc(-n2ccnc2)cc1)N1CCC1. The van der Waals surface area contributed by atoms with E-state index in [0.717, 1.165) is 30.8 Å². The third-order valence-corrected chi connectivity index (χ3v) is 3.28. The first kappa shape index (κ1) is 11.7. The standard InChI is InChI=1S/C15H15N3O/c19-15(17-9-1-10-17)7-4-13-2-5-14(6-3-13)18-11-8-16-12-18/h2-8,11-12H,1,9-10H2/b7-4+. The highest BCUT2D eigenvalue weighted by molar-refractivity contribution is 5.92. The lowest BCUT2D eigenvalue weighted by Crippen LogP contribution is -2.40. The minimum absolute atomic E-state index is 0.102. The van der Waals surface area contributed by atoms with Gasteiger partial charge < -0.3 is 9.47 Å². The molecule has 0 radical (unpaired) electrons. The van der Waals surface area contributed by atoms with E-state index < -0.39 is 0 Å². The van der Waals surface area contributed by atoms with Gasteiger partial charge >= 0.3 is 0 Å². The molecular weight excluding hydrogens is 238 g/mol. The first-order valence-corrected chi connectivity index (χ1v) is 6.38. The molecule has 0 aliphatic carbocycles. The van der Waals surface area contributed by atoms with Crippen molar-refractivity contribution >= 4 is 12.0 Å². The fraction of sp³-hybridized carbons (Fsp3) is 0.200. The number of likely N-dealkylation sites (tertiary alicyclic amines) is 1. The first-order chi connectivity index (χ1) is 9.33. The monoisotopic (exact) mass is 253 g/mol. The van der Waals surface area contributed by atoms with Crippen LogP contribution in [0.2, 0.25) is 0 Å². The van der Waals surface area contributed by atoms with Gasteiger partial charge in [-0.2, -0.15) is 0 Å². The van der Waals surface area contributed by atoms with Crippen LogP contribution < -0.4 is 0 Å². The predicted molar refractivity (Wildman–Crippen MR) is 73.8 cm³/mol. The van der Waals surface area contributed by atoms with Gasteiger partial charge in [0, 0.05) is 37.2 Å². The molecule has 0 N–H and O–H groups in total. The highest BCUT2D eigenvalue weighted by Crippen LogP contribution is 2.11. The first-order valence-electron chi connectivity index (χ1n) is 6.38. The second kappa shape index (κ2) is 5.10. The molecule has 0 unspecified atom stereocenters. The van der Waals surface area contributed by atoms with Crippen LogP contribution in [-0.4, -0.2) is 33.4 Å². The lowest BCUT2D eigenvalue weighted by Gasteiger charge is -2.29. The largest absolute Gasteiger partial charge is 0.339 e. The molecule has 2 heterocycles. The van der Waals surface area contributed by atoms with Crippen LogP contribution in [0.1, 0.15) is 12.0 Å². The van der Waals surface area contributed by atoms with E-state index in [0.29, 0.717) is 0 Å². The maximum absolute atomic E-state index is 11.7. The van der Waals surface area contributed by atoms with E-state index in [9.17, 15) is 4.79 Å². The number of benzene rings is 1. The number of carbonyl (C=O) groups excluding carboxylic acids is 1. The van der Waals surface area contributed by atoms with Crippen LogP contribution in [0.25, 0.3) is 11.8 Å². The van der Waals surface area contributed by atoms with Gasteiger partial charge in [-0.3, -0.25) is 4.79 Å². The molecule has 4 nitrogen and oxygen atoms in total. The van der Waals surface area contributed by atoms with Crippen LogP contribution in [0.5, 0.6) is 0 Å². The molecule has 4 heteroatoms. The van der Waals surface area contributed by atoms with Crippen molar-refractivity contribution in [2.24, 2.45) is 0 Å². The van der Waals surface area contributed by atoms with E-state index in [4.69, 9.17) is 0 Å². The van der Waals surface area contributed by atoms with Gasteiger partial charge in [0.05, 0.1) is 6.33 Å². The number of hydrogen-bond acceptors (Lipinski definition) is 2. The van der Waals surface area contributed by atoms with Crippen LogP contribution in [0, 0.1) is 0 Å². The number of rotatable bonds is 3.